The molecule has 1 saturated heterocycles. The zero-order valence-electron chi connectivity index (χ0n) is 10.2. The van der Waals surface area contributed by atoms with Crippen molar-refractivity contribution in [3.05, 3.63) is 23.4 Å². The van der Waals surface area contributed by atoms with Crippen LogP contribution in [0.4, 0.5) is 5.82 Å². The number of hydrogen-bond acceptors (Lipinski definition) is 4. The number of rotatable bonds is 3. The van der Waals surface area contributed by atoms with Gasteiger partial charge in [-0.1, -0.05) is 0 Å². The summed E-state index contributed by atoms with van der Waals surface area (Å²) in [6, 6.07) is 1.79. The first-order chi connectivity index (χ1) is 8.02. The van der Waals surface area contributed by atoms with Gasteiger partial charge in [0.05, 0.1) is 5.56 Å². The van der Waals surface area contributed by atoms with E-state index in [-0.39, 0.29) is 5.54 Å². The number of primary amides is 1. The molecule has 5 heteroatoms. The van der Waals surface area contributed by atoms with E-state index in [0.29, 0.717) is 11.4 Å². The summed E-state index contributed by atoms with van der Waals surface area (Å²) >= 11 is 0. The van der Waals surface area contributed by atoms with Crippen LogP contribution in [0.2, 0.25) is 0 Å². The molecule has 1 aliphatic rings. The number of carbonyl (C=O) groups is 1. The zero-order chi connectivity index (χ0) is 12.5. The molecule has 0 aromatic carbocycles. The third-order valence-corrected chi connectivity index (χ3v) is 3.19. The summed E-state index contributed by atoms with van der Waals surface area (Å²) in [5.74, 6) is 0.149. The van der Waals surface area contributed by atoms with Crippen molar-refractivity contribution in [2.75, 3.05) is 18.4 Å². The first-order valence-corrected chi connectivity index (χ1v) is 5.76. The minimum absolute atomic E-state index is 0.0645. The van der Waals surface area contributed by atoms with Gasteiger partial charge in [-0.15, -0.1) is 0 Å². The van der Waals surface area contributed by atoms with Crippen molar-refractivity contribution in [3.63, 3.8) is 0 Å². The van der Waals surface area contributed by atoms with Crippen LogP contribution >= 0.6 is 0 Å². The average Bonchev–Trinajstić information content (AvgIpc) is 2.64. The predicted octanol–water partition coefficient (Wildman–Crippen LogP) is 0.653. The lowest BCUT2D eigenvalue weighted by molar-refractivity contribution is 0.1000. The van der Waals surface area contributed by atoms with Gasteiger partial charge in [0.15, 0.2) is 0 Å². The molecule has 0 aliphatic carbocycles. The van der Waals surface area contributed by atoms with Gasteiger partial charge in [0, 0.05) is 18.3 Å². The van der Waals surface area contributed by atoms with E-state index >= 15 is 0 Å². The lowest BCUT2D eigenvalue weighted by Crippen LogP contribution is -2.38. The SMILES string of the molecule is Cc1ccnc(NC2(C)CCNC2)c1C(N)=O. The number of aryl methyl sites for hydroxylation is 1. The van der Waals surface area contributed by atoms with Gasteiger partial charge in [-0.05, 0) is 38.4 Å². The molecular weight excluding hydrogens is 216 g/mol. The maximum absolute atomic E-state index is 11.4. The molecular formula is C12H18N4O. The molecule has 1 aliphatic heterocycles. The monoisotopic (exact) mass is 234 g/mol. The van der Waals surface area contributed by atoms with E-state index in [1.165, 1.54) is 0 Å². The molecule has 5 nitrogen and oxygen atoms in total. The number of nitrogens with zero attached hydrogens (tertiary/aromatic N) is 1. The highest BCUT2D eigenvalue weighted by molar-refractivity contribution is 5.99. The van der Waals surface area contributed by atoms with Crippen LogP contribution in [0.1, 0.15) is 29.3 Å². The maximum Gasteiger partial charge on any atom is 0.252 e. The van der Waals surface area contributed by atoms with Crippen LogP contribution in [0.3, 0.4) is 0 Å². The number of nitrogens with two attached hydrogens (primary N) is 1. The summed E-state index contributed by atoms with van der Waals surface area (Å²) in [5.41, 5.74) is 6.67. The molecule has 1 fully saturated rings. The number of carbonyl (C=O) groups excluding carboxylic acids is 1. The Balaban J connectivity index is 2.32. The Morgan fingerprint density at radius 3 is 3.00 bits per heavy atom. The molecule has 0 spiro atoms. The molecule has 92 valence electrons. The lowest BCUT2D eigenvalue weighted by Gasteiger charge is -2.26. The van der Waals surface area contributed by atoms with Crippen LogP contribution < -0.4 is 16.4 Å². The smallest absolute Gasteiger partial charge is 0.252 e. The molecule has 1 unspecified atom stereocenters. The van der Waals surface area contributed by atoms with Gasteiger partial charge in [0.2, 0.25) is 0 Å². The van der Waals surface area contributed by atoms with Crippen LogP contribution in [0.15, 0.2) is 12.3 Å². The second kappa shape index (κ2) is 4.33. The second-order valence-electron chi connectivity index (χ2n) is 4.83. The summed E-state index contributed by atoms with van der Waals surface area (Å²) < 4.78 is 0. The van der Waals surface area contributed by atoms with Crippen molar-refractivity contribution < 1.29 is 4.79 Å². The average molecular weight is 234 g/mol. The van der Waals surface area contributed by atoms with E-state index < -0.39 is 5.91 Å². The normalized spacial score (nSPS) is 23.6. The minimum atomic E-state index is -0.437. The Hall–Kier alpha value is -1.62. The number of aromatic nitrogens is 1. The molecule has 1 aromatic heterocycles. The van der Waals surface area contributed by atoms with Gasteiger partial charge >= 0.3 is 0 Å². The van der Waals surface area contributed by atoms with Crippen LogP contribution in [0, 0.1) is 6.92 Å². The molecule has 4 N–H and O–H groups in total. The highest BCUT2D eigenvalue weighted by Gasteiger charge is 2.30. The van der Waals surface area contributed by atoms with Gasteiger partial charge in [-0.3, -0.25) is 4.79 Å². The first kappa shape index (κ1) is 11.9. The van der Waals surface area contributed by atoms with E-state index in [1.807, 2.05) is 6.92 Å². The van der Waals surface area contributed by atoms with Crippen molar-refractivity contribution in [2.24, 2.45) is 5.73 Å². The van der Waals surface area contributed by atoms with Crippen LogP contribution in [0.5, 0.6) is 0 Å². The Morgan fingerprint density at radius 1 is 1.65 bits per heavy atom. The van der Waals surface area contributed by atoms with Crippen molar-refractivity contribution >= 4 is 11.7 Å². The number of hydrogen-bond donors (Lipinski definition) is 3. The highest BCUT2D eigenvalue weighted by Crippen LogP contribution is 2.23. The van der Waals surface area contributed by atoms with E-state index in [4.69, 9.17) is 5.73 Å². The summed E-state index contributed by atoms with van der Waals surface area (Å²) in [6.45, 7) is 5.81. The van der Waals surface area contributed by atoms with Gasteiger partial charge in [-0.25, -0.2) is 4.98 Å². The molecule has 0 radical (unpaired) electrons. The van der Waals surface area contributed by atoms with Gasteiger partial charge < -0.3 is 16.4 Å². The van der Waals surface area contributed by atoms with E-state index in [1.54, 1.807) is 12.3 Å². The Bertz CT molecular complexity index is 438. The van der Waals surface area contributed by atoms with Crippen molar-refractivity contribution in [2.45, 2.75) is 25.8 Å². The molecule has 2 rings (SSSR count). The standard InChI is InChI=1S/C12H18N4O/c1-8-3-5-15-11(9(8)10(13)17)16-12(2)4-6-14-7-12/h3,5,14H,4,6-7H2,1-2H3,(H2,13,17)(H,15,16). The fourth-order valence-electron chi connectivity index (χ4n) is 2.17. The number of nitrogens with one attached hydrogen (secondary N) is 2. The largest absolute Gasteiger partial charge is 0.365 e. The third-order valence-electron chi connectivity index (χ3n) is 3.19. The van der Waals surface area contributed by atoms with E-state index in [2.05, 4.69) is 22.5 Å². The predicted molar refractivity (Wildman–Crippen MR) is 67.0 cm³/mol. The Kier molecular flexibility index (Phi) is 3.02. The third kappa shape index (κ3) is 2.39. The number of anilines is 1. The summed E-state index contributed by atoms with van der Waals surface area (Å²) in [5, 5.41) is 6.62. The van der Waals surface area contributed by atoms with Crippen molar-refractivity contribution in [3.8, 4) is 0 Å². The first-order valence-electron chi connectivity index (χ1n) is 5.76. The minimum Gasteiger partial charge on any atom is -0.365 e. The van der Waals surface area contributed by atoms with E-state index in [0.717, 1.165) is 25.1 Å². The molecule has 1 amide bonds. The fourth-order valence-corrected chi connectivity index (χ4v) is 2.17. The summed E-state index contributed by atoms with van der Waals surface area (Å²) in [6.07, 6.45) is 2.69. The van der Waals surface area contributed by atoms with Crippen molar-refractivity contribution in [1.29, 1.82) is 0 Å². The molecule has 17 heavy (non-hydrogen) atoms. The highest BCUT2D eigenvalue weighted by atomic mass is 16.1. The van der Waals surface area contributed by atoms with Gasteiger partial charge in [0.1, 0.15) is 5.82 Å². The molecule has 1 atom stereocenters. The van der Waals surface area contributed by atoms with Gasteiger partial charge in [-0.2, -0.15) is 0 Å². The number of amides is 1. The van der Waals surface area contributed by atoms with Gasteiger partial charge in [0.25, 0.3) is 5.91 Å². The Morgan fingerprint density at radius 2 is 2.41 bits per heavy atom. The molecule has 0 saturated carbocycles. The van der Waals surface area contributed by atoms with Crippen molar-refractivity contribution in [1.82, 2.24) is 10.3 Å². The second-order valence-corrected chi connectivity index (χ2v) is 4.83. The summed E-state index contributed by atoms with van der Waals surface area (Å²) in [7, 11) is 0. The quantitative estimate of drug-likeness (QED) is 0.717. The number of pyridine rings is 1. The molecule has 2 heterocycles. The fraction of sp³-hybridized carbons (Fsp3) is 0.500. The topological polar surface area (TPSA) is 80.0 Å². The van der Waals surface area contributed by atoms with E-state index in [9.17, 15) is 4.79 Å². The molecule has 0 bridgehead atoms. The molecule has 1 aromatic rings. The lowest BCUT2D eigenvalue weighted by atomic mass is 10.0. The van der Waals surface area contributed by atoms with Crippen LogP contribution in [-0.2, 0) is 0 Å². The van der Waals surface area contributed by atoms with Crippen LogP contribution in [-0.4, -0.2) is 29.5 Å². The summed E-state index contributed by atoms with van der Waals surface area (Å²) in [4.78, 5) is 15.7. The maximum atomic E-state index is 11.4. The van der Waals surface area contributed by atoms with Crippen LogP contribution in [0.25, 0.3) is 0 Å². The zero-order valence-corrected chi connectivity index (χ0v) is 10.2. The Labute approximate surface area is 101 Å².